The van der Waals surface area contributed by atoms with E-state index in [4.69, 9.17) is 0 Å². The lowest BCUT2D eigenvalue weighted by Crippen LogP contribution is -2.05. The van der Waals surface area contributed by atoms with Crippen LogP contribution in [0.3, 0.4) is 0 Å². The second-order valence-corrected chi connectivity index (χ2v) is 6.14. The summed E-state index contributed by atoms with van der Waals surface area (Å²) in [7, 11) is 0. The lowest BCUT2D eigenvalue weighted by molar-refractivity contribution is -0.103. The van der Waals surface area contributed by atoms with Crippen molar-refractivity contribution in [3.63, 3.8) is 0 Å². The van der Waals surface area contributed by atoms with E-state index < -0.39 is 0 Å². The first-order valence-electron chi connectivity index (χ1n) is 7.11. The van der Waals surface area contributed by atoms with Gasteiger partial charge in [0.1, 0.15) is 6.29 Å². The summed E-state index contributed by atoms with van der Waals surface area (Å²) < 4.78 is 0.888. The zero-order valence-electron chi connectivity index (χ0n) is 12.3. The molecule has 0 heterocycles. The third-order valence-corrected chi connectivity index (χ3v) is 3.85. The fraction of sp³-hybridized carbons (Fsp3) is 0.158. The van der Waals surface area contributed by atoms with Crippen molar-refractivity contribution in [2.24, 2.45) is 5.92 Å². The van der Waals surface area contributed by atoms with Gasteiger partial charge in [-0.25, -0.2) is 0 Å². The molecule has 0 saturated carbocycles. The number of rotatable bonds is 6. The molecule has 1 atom stereocenters. The Balaban J connectivity index is 2.11. The number of hydrogen-bond acceptors (Lipinski definition) is 2. The molecule has 112 valence electrons. The summed E-state index contributed by atoms with van der Waals surface area (Å²) in [6, 6.07) is 16.8. The summed E-state index contributed by atoms with van der Waals surface area (Å²) in [5, 5.41) is 0. The van der Waals surface area contributed by atoms with Crippen molar-refractivity contribution < 1.29 is 9.59 Å². The van der Waals surface area contributed by atoms with Gasteiger partial charge in [0.15, 0.2) is 5.78 Å². The molecule has 0 aliphatic heterocycles. The third-order valence-electron chi connectivity index (χ3n) is 3.35. The Bertz CT molecular complexity index is 690. The SMILES string of the molecule is C[C@@H](/C=C(/C=O)c1ccccc1)CC(=O)c1cccc(Br)c1. The minimum absolute atomic E-state index is 0.00751. The van der Waals surface area contributed by atoms with Crippen LogP contribution in [0.25, 0.3) is 5.57 Å². The van der Waals surface area contributed by atoms with Crippen molar-refractivity contribution in [2.45, 2.75) is 13.3 Å². The number of benzene rings is 2. The van der Waals surface area contributed by atoms with Crippen LogP contribution in [-0.2, 0) is 4.79 Å². The summed E-state index contributed by atoms with van der Waals surface area (Å²) in [6.07, 6.45) is 3.08. The molecule has 3 heteroatoms. The van der Waals surface area contributed by atoms with Crippen LogP contribution in [0.1, 0.15) is 29.3 Å². The second-order valence-electron chi connectivity index (χ2n) is 5.22. The molecule has 0 aliphatic rings. The van der Waals surface area contributed by atoms with Crippen molar-refractivity contribution in [1.29, 1.82) is 0 Å². The van der Waals surface area contributed by atoms with Gasteiger partial charge < -0.3 is 0 Å². The normalized spacial score (nSPS) is 12.7. The van der Waals surface area contributed by atoms with Crippen molar-refractivity contribution in [3.8, 4) is 0 Å². The predicted molar refractivity (Wildman–Crippen MR) is 92.7 cm³/mol. The minimum Gasteiger partial charge on any atom is -0.298 e. The van der Waals surface area contributed by atoms with Gasteiger partial charge in [-0.05, 0) is 23.6 Å². The molecule has 0 bridgehead atoms. The topological polar surface area (TPSA) is 34.1 Å². The van der Waals surface area contributed by atoms with Crippen LogP contribution < -0.4 is 0 Å². The van der Waals surface area contributed by atoms with Crippen molar-refractivity contribution in [3.05, 3.63) is 76.3 Å². The maximum absolute atomic E-state index is 12.3. The minimum atomic E-state index is -0.00751. The molecule has 2 aromatic rings. The quantitative estimate of drug-likeness (QED) is 0.417. The number of carbonyl (C=O) groups excluding carboxylic acids is 2. The van der Waals surface area contributed by atoms with Crippen LogP contribution in [0.2, 0.25) is 0 Å². The fourth-order valence-electron chi connectivity index (χ4n) is 2.27. The number of aldehydes is 1. The number of halogens is 1. The molecule has 2 aromatic carbocycles. The first-order chi connectivity index (χ1) is 10.6. The summed E-state index contributed by atoms with van der Waals surface area (Å²) in [6.45, 7) is 1.95. The first kappa shape index (κ1) is 16.4. The molecular weight excluding hydrogens is 340 g/mol. The molecular formula is C19H17BrO2. The second kappa shape index (κ2) is 7.85. The number of carbonyl (C=O) groups is 2. The summed E-state index contributed by atoms with van der Waals surface area (Å²) in [5.41, 5.74) is 2.18. The standard InChI is InChI=1S/C19H17BrO2/c1-14(10-17(13-21)15-6-3-2-4-7-15)11-19(22)16-8-5-9-18(20)12-16/h2-10,12-14H,11H2,1H3/b17-10-/t14-/m0/s1. The molecule has 2 rings (SSSR count). The lowest BCUT2D eigenvalue weighted by atomic mass is 9.96. The largest absolute Gasteiger partial charge is 0.298 e. The van der Waals surface area contributed by atoms with Gasteiger partial charge in [0.2, 0.25) is 0 Å². The molecule has 0 amide bonds. The molecule has 0 radical (unpaired) electrons. The van der Waals surface area contributed by atoms with Gasteiger partial charge in [0, 0.05) is 22.0 Å². The van der Waals surface area contributed by atoms with Crippen molar-refractivity contribution in [1.82, 2.24) is 0 Å². The van der Waals surface area contributed by atoms with E-state index in [1.165, 1.54) is 0 Å². The number of Topliss-reactive ketones (excluding diaryl/α,β-unsaturated/α-hetero) is 1. The third kappa shape index (κ3) is 4.50. The Morgan fingerprint density at radius 3 is 2.41 bits per heavy atom. The van der Waals surface area contributed by atoms with Crippen molar-refractivity contribution in [2.75, 3.05) is 0 Å². The van der Waals surface area contributed by atoms with Gasteiger partial charge in [-0.2, -0.15) is 0 Å². The monoisotopic (exact) mass is 356 g/mol. The van der Waals surface area contributed by atoms with Gasteiger partial charge in [-0.3, -0.25) is 9.59 Å². The van der Waals surface area contributed by atoms with Gasteiger partial charge in [0.05, 0.1) is 0 Å². The Morgan fingerprint density at radius 2 is 1.77 bits per heavy atom. The van der Waals surface area contributed by atoms with E-state index in [0.717, 1.165) is 16.3 Å². The first-order valence-corrected chi connectivity index (χ1v) is 7.90. The van der Waals surface area contributed by atoms with Crippen LogP contribution in [0.4, 0.5) is 0 Å². The maximum atomic E-state index is 12.3. The summed E-state index contributed by atoms with van der Waals surface area (Å²) >= 11 is 3.37. The predicted octanol–water partition coefficient (Wildman–Crippen LogP) is 4.94. The smallest absolute Gasteiger partial charge is 0.163 e. The van der Waals surface area contributed by atoms with Crippen LogP contribution in [-0.4, -0.2) is 12.1 Å². The van der Waals surface area contributed by atoms with Gasteiger partial charge in [-0.15, -0.1) is 0 Å². The zero-order chi connectivity index (χ0) is 15.9. The Labute approximate surface area is 139 Å². The van der Waals surface area contributed by atoms with E-state index in [-0.39, 0.29) is 11.7 Å². The molecule has 0 spiro atoms. The van der Waals surface area contributed by atoms with Gasteiger partial charge >= 0.3 is 0 Å². The number of ketones is 1. The number of hydrogen-bond donors (Lipinski definition) is 0. The fourth-order valence-corrected chi connectivity index (χ4v) is 2.67. The molecule has 0 unspecified atom stereocenters. The van der Waals surface area contributed by atoms with Gasteiger partial charge in [0.25, 0.3) is 0 Å². The average Bonchev–Trinajstić information content (AvgIpc) is 2.53. The average molecular weight is 357 g/mol. The summed E-state index contributed by atoms with van der Waals surface area (Å²) in [5.74, 6) is 0.0650. The zero-order valence-corrected chi connectivity index (χ0v) is 13.9. The molecule has 0 saturated heterocycles. The molecule has 0 fully saturated rings. The molecule has 0 N–H and O–H groups in total. The van der Waals surface area contributed by atoms with E-state index in [2.05, 4.69) is 15.9 Å². The highest BCUT2D eigenvalue weighted by atomic mass is 79.9. The Kier molecular flexibility index (Phi) is 5.84. The molecule has 2 nitrogen and oxygen atoms in total. The van der Waals surface area contributed by atoms with E-state index >= 15 is 0 Å². The van der Waals surface area contributed by atoms with E-state index in [1.54, 1.807) is 6.07 Å². The summed E-state index contributed by atoms with van der Waals surface area (Å²) in [4.78, 5) is 23.6. The van der Waals surface area contributed by atoms with Crippen LogP contribution >= 0.6 is 15.9 Å². The van der Waals surface area contributed by atoms with Crippen LogP contribution in [0.5, 0.6) is 0 Å². The number of allylic oxidation sites excluding steroid dienone is 2. The Morgan fingerprint density at radius 1 is 1.09 bits per heavy atom. The highest BCUT2D eigenvalue weighted by molar-refractivity contribution is 9.10. The highest BCUT2D eigenvalue weighted by Crippen LogP contribution is 2.19. The highest BCUT2D eigenvalue weighted by Gasteiger charge is 2.11. The van der Waals surface area contributed by atoms with E-state index in [9.17, 15) is 9.59 Å². The van der Waals surface area contributed by atoms with E-state index in [1.807, 2.05) is 61.5 Å². The maximum Gasteiger partial charge on any atom is 0.163 e. The molecule has 0 aromatic heterocycles. The van der Waals surface area contributed by atoms with Crippen LogP contribution in [0, 0.1) is 5.92 Å². The Hall–Kier alpha value is -2.00. The van der Waals surface area contributed by atoms with E-state index in [0.29, 0.717) is 17.6 Å². The van der Waals surface area contributed by atoms with Crippen LogP contribution in [0.15, 0.2) is 65.1 Å². The van der Waals surface area contributed by atoms with Gasteiger partial charge in [-0.1, -0.05) is 71.4 Å². The van der Waals surface area contributed by atoms with Crippen molar-refractivity contribution >= 4 is 33.6 Å². The molecule has 22 heavy (non-hydrogen) atoms. The molecule has 0 aliphatic carbocycles. The lowest BCUT2D eigenvalue weighted by Gasteiger charge is -2.08.